The predicted molar refractivity (Wildman–Crippen MR) is 244 cm³/mol. The van der Waals surface area contributed by atoms with Crippen molar-refractivity contribution in [1.82, 2.24) is 0 Å². The molecule has 4 N–H and O–H groups in total. The maximum atomic E-state index is 6.49. The van der Waals surface area contributed by atoms with E-state index < -0.39 is 0 Å². The number of hydrogen-bond donors (Lipinski definition) is 2. The molecule has 1 fully saturated rings. The number of nitrogens with zero attached hydrogens (tertiary/aromatic N) is 2. The molecule has 16 heteroatoms. The number of benzene rings is 2. The summed E-state index contributed by atoms with van der Waals surface area (Å²) in [5, 5.41) is 0. The fourth-order valence-corrected chi connectivity index (χ4v) is 8.68. The lowest BCUT2D eigenvalue weighted by atomic mass is 9.49. The summed E-state index contributed by atoms with van der Waals surface area (Å²) < 4.78 is 75.7. The van der Waals surface area contributed by atoms with Crippen molar-refractivity contribution in [3.05, 3.63) is 108 Å². The molecule has 7 rings (SSSR count). The Hall–Kier alpha value is -4.46. The topological polar surface area (TPSA) is 171 Å². The van der Waals surface area contributed by atoms with E-state index in [-0.39, 0.29) is 23.7 Å². The third-order valence-electron chi connectivity index (χ3n) is 11.8. The summed E-state index contributed by atoms with van der Waals surface area (Å²) in [4.78, 5) is 0. The molecule has 3 aliphatic rings. The van der Waals surface area contributed by atoms with Crippen LogP contribution in [0.15, 0.2) is 85.5 Å². The SMILES string of the molecule is NCC[n+]1ccc(C2C(c3ccc4c(c3)OCCOCCOCCOCCOCCO4)C(c3cc[n+](CCN)cc3)C2c2ccc3c(c2)OCCOCCOCCOCCOCCO3)cc1. The summed E-state index contributed by atoms with van der Waals surface area (Å²) in [5.41, 5.74) is 16.7. The Kier molecular flexibility index (Phi) is 21.0. The van der Waals surface area contributed by atoms with Crippen LogP contribution in [-0.4, -0.2) is 145 Å². The van der Waals surface area contributed by atoms with E-state index in [4.69, 9.17) is 68.3 Å². The third kappa shape index (κ3) is 14.8. The van der Waals surface area contributed by atoms with E-state index in [0.29, 0.717) is 168 Å². The number of aromatic nitrogens is 2. The molecule has 4 heterocycles. The zero-order valence-electron chi connectivity index (χ0n) is 38.3. The summed E-state index contributed by atoms with van der Waals surface area (Å²) in [6.07, 6.45) is 8.51. The van der Waals surface area contributed by atoms with Crippen LogP contribution in [0.2, 0.25) is 0 Å². The van der Waals surface area contributed by atoms with Crippen LogP contribution in [-0.2, 0) is 51.0 Å². The normalized spacial score (nSPS) is 22.9. The van der Waals surface area contributed by atoms with Gasteiger partial charge in [-0.05, 0) is 70.2 Å². The summed E-state index contributed by atoms with van der Waals surface area (Å²) in [5.74, 6) is 2.77. The molecule has 0 amide bonds. The first-order valence-corrected chi connectivity index (χ1v) is 23.5. The Bertz CT molecular complexity index is 1830. The molecule has 0 atom stereocenters. The average Bonchev–Trinajstić information content (AvgIpc) is 3.32. The zero-order chi connectivity index (χ0) is 45.4. The predicted octanol–water partition coefficient (Wildman–Crippen LogP) is 3.30. The van der Waals surface area contributed by atoms with E-state index in [2.05, 4.69) is 82.5 Å². The molecule has 4 aromatic rings. The van der Waals surface area contributed by atoms with Gasteiger partial charge in [-0.25, -0.2) is 9.13 Å². The van der Waals surface area contributed by atoms with Crippen molar-refractivity contribution >= 4 is 0 Å². The van der Waals surface area contributed by atoms with Crippen molar-refractivity contribution < 1.29 is 66.0 Å². The maximum Gasteiger partial charge on any atom is 0.169 e. The Morgan fingerprint density at radius 2 is 0.576 bits per heavy atom. The van der Waals surface area contributed by atoms with Gasteiger partial charge in [-0.2, -0.15) is 0 Å². The van der Waals surface area contributed by atoms with E-state index in [1.165, 1.54) is 11.1 Å². The Morgan fingerprint density at radius 1 is 0.318 bits per heavy atom. The van der Waals surface area contributed by atoms with Gasteiger partial charge in [0, 0.05) is 24.3 Å². The lowest BCUT2D eigenvalue weighted by molar-refractivity contribution is -0.694. The molecule has 0 unspecified atom stereocenters. The lowest BCUT2D eigenvalue weighted by Gasteiger charge is -2.53. The highest BCUT2D eigenvalue weighted by atomic mass is 16.6. The van der Waals surface area contributed by atoms with Gasteiger partial charge in [0.25, 0.3) is 0 Å². The minimum Gasteiger partial charge on any atom is -0.487 e. The number of ether oxygens (including phenoxy) is 12. The Morgan fingerprint density at radius 3 is 0.864 bits per heavy atom. The molecule has 16 nitrogen and oxygen atoms in total. The van der Waals surface area contributed by atoms with Crippen LogP contribution < -0.4 is 39.5 Å². The molecule has 360 valence electrons. The van der Waals surface area contributed by atoms with Gasteiger partial charge in [-0.3, -0.25) is 0 Å². The maximum absolute atomic E-state index is 6.49. The van der Waals surface area contributed by atoms with Gasteiger partial charge in [-0.1, -0.05) is 12.1 Å². The van der Waals surface area contributed by atoms with E-state index in [9.17, 15) is 0 Å². The van der Waals surface area contributed by atoms with Gasteiger partial charge in [-0.15, -0.1) is 0 Å². The fraction of sp³-hybridized carbons (Fsp3) is 0.560. The van der Waals surface area contributed by atoms with E-state index in [0.717, 1.165) is 24.2 Å². The highest BCUT2D eigenvalue weighted by Crippen LogP contribution is 2.67. The molecule has 1 aliphatic carbocycles. The van der Waals surface area contributed by atoms with Crippen LogP contribution in [0.4, 0.5) is 0 Å². The first-order valence-electron chi connectivity index (χ1n) is 23.5. The van der Waals surface area contributed by atoms with Crippen LogP contribution in [0, 0.1) is 0 Å². The molecule has 2 aromatic carbocycles. The van der Waals surface area contributed by atoms with Crippen LogP contribution >= 0.6 is 0 Å². The monoisotopic (exact) mass is 918 g/mol. The van der Waals surface area contributed by atoms with Crippen molar-refractivity contribution in [2.75, 3.05) is 145 Å². The van der Waals surface area contributed by atoms with E-state index in [1.54, 1.807) is 0 Å². The summed E-state index contributed by atoms with van der Waals surface area (Å²) >= 11 is 0. The standard InChI is InChI=1S/C50H70N4O12/c51-9-15-53-11-5-39(6-12-53)47-49(41-1-3-43-45(37-41)65-35-31-61-27-23-57-19-17-55-21-25-59-29-33-63-43)48(40-7-13-54(14-8-40)16-10-52)50(47)42-2-4-44-46(38-42)66-36-32-62-28-24-58-20-18-56-22-26-60-30-34-64-44/h1-8,11-14,37-38,47-50H,9-10,15-36,51-52H2/q+2. The van der Waals surface area contributed by atoms with Gasteiger partial charge in [0.2, 0.25) is 0 Å². The third-order valence-corrected chi connectivity index (χ3v) is 11.8. The molecular weight excluding hydrogens is 849 g/mol. The second kappa shape index (κ2) is 28.0. The van der Waals surface area contributed by atoms with Gasteiger partial charge in [0.05, 0.1) is 119 Å². The van der Waals surface area contributed by atoms with Crippen molar-refractivity contribution in [3.8, 4) is 23.0 Å². The number of pyridine rings is 2. The molecular formula is C50H70N4O12+2. The minimum absolute atomic E-state index is 0.0354. The van der Waals surface area contributed by atoms with Crippen LogP contribution in [0.3, 0.4) is 0 Å². The smallest absolute Gasteiger partial charge is 0.169 e. The van der Waals surface area contributed by atoms with E-state index >= 15 is 0 Å². The van der Waals surface area contributed by atoms with E-state index in [1.807, 2.05) is 12.1 Å². The Labute approximate surface area is 389 Å². The van der Waals surface area contributed by atoms with Gasteiger partial charge in [0.1, 0.15) is 26.4 Å². The number of nitrogens with two attached hydrogens (primary N) is 2. The molecule has 0 spiro atoms. The number of hydrogen-bond acceptors (Lipinski definition) is 14. The molecule has 0 radical (unpaired) electrons. The fourth-order valence-electron chi connectivity index (χ4n) is 8.68. The number of fused-ring (bicyclic) bond motifs is 2. The average molecular weight is 919 g/mol. The first-order chi connectivity index (χ1) is 32.7. The summed E-state index contributed by atoms with van der Waals surface area (Å²) in [7, 11) is 0. The van der Waals surface area contributed by atoms with Crippen molar-refractivity contribution in [1.29, 1.82) is 0 Å². The largest absolute Gasteiger partial charge is 0.487 e. The molecule has 2 aromatic heterocycles. The van der Waals surface area contributed by atoms with Crippen LogP contribution in [0.1, 0.15) is 45.9 Å². The molecule has 66 heavy (non-hydrogen) atoms. The molecule has 0 bridgehead atoms. The highest BCUT2D eigenvalue weighted by molar-refractivity contribution is 5.53. The zero-order valence-corrected chi connectivity index (χ0v) is 38.3. The Balaban J connectivity index is 1.24. The quantitative estimate of drug-likeness (QED) is 0.247. The molecule has 0 saturated heterocycles. The van der Waals surface area contributed by atoms with Gasteiger partial charge >= 0.3 is 0 Å². The van der Waals surface area contributed by atoms with Gasteiger partial charge < -0.3 is 68.3 Å². The summed E-state index contributed by atoms with van der Waals surface area (Å²) in [6.45, 7) is 11.4. The summed E-state index contributed by atoms with van der Waals surface area (Å²) in [6, 6.07) is 21.6. The highest BCUT2D eigenvalue weighted by Gasteiger charge is 2.53. The minimum atomic E-state index is 0.0354. The lowest BCUT2D eigenvalue weighted by Crippen LogP contribution is -2.42. The van der Waals surface area contributed by atoms with Crippen LogP contribution in [0.5, 0.6) is 23.0 Å². The van der Waals surface area contributed by atoms with Crippen molar-refractivity contribution in [2.45, 2.75) is 36.8 Å². The van der Waals surface area contributed by atoms with Gasteiger partial charge in [0.15, 0.2) is 60.9 Å². The second-order valence-electron chi connectivity index (χ2n) is 16.1. The second-order valence-corrected chi connectivity index (χ2v) is 16.1. The molecule has 1 saturated carbocycles. The first kappa shape index (κ1) is 49.4. The van der Waals surface area contributed by atoms with Crippen LogP contribution in [0.25, 0.3) is 0 Å². The van der Waals surface area contributed by atoms with Crippen molar-refractivity contribution in [3.63, 3.8) is 0 Å². The molecule has 2 aliphatic heterocycles. The number of rotatable bonds is 8. The van der Waals surface area contributed by atoms with Crippen molar-refractivity contribution in [2.24, 2.45) is 11.5 Å².